The summed E-state index contributed by atoms with van der Waals surface area (Å²) in [4.78, 5) is 4.53. The molecule has 1 aliphatic heterocycles. The van der Waals surface area contributed by atoms with E-state index in [4.69, 9.17) is 0 Å². The summed E-state index contributed by atoms with van der Waals surface area (Å²) in [5.41, 5.74) is 2.41. The van der Waals surface area contributed by atoms with Crippen molar-refractivity contribution in [2.24, 2.45) is 5.92 Å². The fraction of sp³-hybridized carbons (Fsp3) is 0.562. The highest BCUT2D eigenvalue weighted by Crippen LogP contribution is 2.19. The lowest BCUT2D eigenvalue weighted by Crippen LogP contribution is -2.45. The Balaban J connectivity index is 2.06. The molecule has 2 rings (SSSR count). The van der Waals surface area contributed by atoms with Gasteiger partial charge in [0.25, 0.3) is 0 Å². The summed E-state index contributed by atoms with van der Waals surface area (Å²) in [6.45, 7) is 8.60. The van der Waals surface area contributed by atoms with Gasteiger partial charge in [-0.2, -0.15) is 5.10 Å². The van der Waals surface area contributed by atoms with Crippen LogP contribution < -0.4 is 0 Å². The zero-order chi connectivity index (χ0) is 14.5. The van der Waals surface area contributed by atoms with Gasteiger partial charge in [-0.05, 0) is 20.9 Å². The Bertz CT molecular complexity index is 480. The number of hydrogen-bond donors (Lipinski definition) is 0. The minimum atomic E-state index is 0.750. The van der Waals surface area contributed by atoms with Crippen LogP contribution in [0.2, 0.25) is 0 Å². The molecule has 1 aliphatic rings. The average Bonchev–Trinajstić information content (AvgIpc) is 2.85. The lowest BCUT2D eigenvalue weighted by Gasteiger charge is -2.35. The van der Waals surface area contributed by atoms with E-state index in [0.29, 0.717) is 0 Å². The van der Waals surface area contributed by atoms with Gasteiger partial charge in [0.1, 0.15) is 0 Å². The Morgan fingerprint density at radius 1 is 1.50 bits per heavy atom. The maximum absolute atomic E-state index is 4.50. The number of aromatic nitrogens is 2. The standard InChI is InChI=1S/C16H26N4/c1-5-7-15(12-18(3)6-2)16-8-17-20(13-16)11-14-9-19(4)10-14/h5,7-8,12-14H,6,9-11H2,1-4H3/b7-5-,15-12+. The summed E-state index contributed by atoms with van der Waals surface area (Å²) >= 11 is 0. The first-order valence-corrected chi connectivity index (χ1v) is 7.38. The van der Waals surface area contributed by atoms with E-state index in [1.807, 2.05) is 6.20 Å². The first kappa shape index (κ1) is 14.9. The molecule has 0 atom stereocenters. The highest BCUT2D eigenvalue weighted by Gasteiger charge is 2.23. The van der Waals surface area contributed by atoms with Crippen LogP contribution in [-0.4, -0.2) is 53.3 Å². The molecule has 0 amide bonds. The highest BCUT2D eigenvalue weighted by atomic mass is 15.3. The van der Waals surface area contributed by atoms with E-state index in [0.717, 1.165) is 19.0 Å². The van der Waals surface area contributed by atoms with Crippen LogP contribution in [0.5, 0.6) is 0 Å². The molecule has 1 fully saturated rings. The second kappa shape index (κ2) is 6.75. The highest BCUT2D eigenvalue weighted by molar-refractivity contribution is 5.72. The molecule has 0 saturated carbocycles. The van der Waals surface area contributed by atoms with Gasteiger partial charge in [0.05, 0.1) is 6.20 Å². The maximum atomic E-state index is 4.50. The molecule has 110 valence electrons. The Labute approximate surface area is 122 Å². The Hall–Kier alpha value is -1.55. The van der Waals surface area contributed by atoms with Gasteiger partial charge in [-0.15, -0.1) is 0 Å². The first-order chi connectivity index (χ1) is 9.62. The van der Waals surface area contributed by atoms with Crippen LogP contribution in [0.3, 0.4) is 0 Å². The van der Waals surface area contributed by atoms with Gasteiger partial charge in [0.15, 0.2) is 0 Å². The normalized spacial score (nSPS) is 17.7. The summed E-state index contributed by atoms with van der Waals surface area (Å²) < 4.78 is 2.08. The third-order valence-corrected chi connectivity index (χ3v) is 3.76. The van der Waals surface area contributed by atoms with Gasteiger partial charge in [-0.25, -0.2) is 0 Å². The van der Waals surface area contributed by atoms with E-state index in [1.165, 1.54) is 24.2 Å². The van der Waals surface area contributed by atoms with Crippen molar-refractivity contribution in [1.82, 2.24) is 19.6 Å². The molecule has 0 aromatic carbocycles. The first-order valence-electron chi connectivity index (χ1n) is 7.38. The molecular weight excluding hydrogens is 248 g/mol. The molecule has 1 saturated heterocycles. The molecule has 4 nitrogen and oxygen atoms in total. The summed E-state index contributed by atoms with van der Waals surface area (Å²) in [6, 6.07) is 0. The van der Waals surface area contributed by atoms with Crippen molar-refractivity contribution in [3.8, 4) is 0 Å². The molecule has 2 heterocycles. The number of rotatable bonds is 6. The van der Waals surface area contributed by atoms with Crippen LogP contribution in [0.15, 0.2) is 30.7 Å². The van der Waals surface area contributed by atoms with Crippen LogP contribution in [0.4, 0.5) is 0 Å². The Morgan fingerprint density at radius 3 is 2.85 bits per heavy atom. The largest absolute Gasteiger partial charge is 0.380 e. The molecule has 0 unspecified atom stereocenters. The second-order valence-electron chi connectivity index (χ2n) is 5.70. The number of likely N-dealkylation sites (tertiary alicyclic amines) is 1. The van der Waals surface area contributed by atoms with Gasteiger partial charge in [-0.1, -0.05) is 12.2 Å². The van der Waals surface area contributed by atoms with Gasteiger partial charge in [0, 0.05) is 62.7 Å². The molecule has 1 aromatic heterocycles. The molecular formula is C16H26N4. The van der Waals surface area contributed by atoms with Crippen LogP contribution in [0.25, 0.3) is 5.57 Å². The molecule has 0 bridgehead atoms. The van der Waals surface area contributed by atoms with Crippen LogP contribution in [0.1, 0.15) is 19.4 Å². The predicted molar refractivity (Wildman–Crippen MR) is 84.3 cm³/mol. The summed E-state index contributed by atoms with van der Waals surface area (Å²) in [5, 5.41) is 4.50. The molecule has 20 heavy (non-hydrogen) atoms. The summed E-state index contributed by atoms with van der Waals surface area (Å²) in [7, 11) is 4.26. The minimum absolute atomic E-state index is 0.750. The minimum Gasteiger partial charge on any atom is -0.380 e. The van der Waals surface area contributed by atoms with Crippen molar-refractivity contribution in [2.45, 2.75) is 20.4 Å². The fourth-order valence-electron chi connectivity index (χ4n) is 2.54. The van der Waals surface area contributed by atoms with Gasteiger partial charge in [0.2, 0.25) is 0 Å². The van der Waals surface area contributed by atoms with Gasteiger partial charge in [-0.3, -0.25) is 4.68 Å². The average molecular weight is 274 g/mol. The molecule has 0 aliphatic carbocycles. The molecule has 1 aromatic rings. The van der Waals surface area contributed by atoms with Crippen LogP contribution in [0, 0.1) is 5.92 Å². The zero-order valence-corrected chi connectivity index (χ0v) is 13.1. The maximum Gasteiger partial charge on any atom is 0.0568 e. The van der Waals surface area contributed by atoms with E-state index in [1.54, 1.807) is 0 Å². The third-order valence-electron chi connectivity index (χ3n) is 3.76. The van der Waals surface area contributed by atoms with Crippen molar-refractivity contribution in [1.29, 1.82) is 0 Å². The van der Waals surface area contributed by atoms with Gasteiger partial charge < -0.3 is 9.80 Å². The lowest BCUT2D eigenvalue weighted by atomic mass is 10.0. The van der Waals surface area contributed by atoms with E-state index < -0.39 is 0 Å². The van der Waals surface area contributed by atoms with Crippen molar-refractivity contribution in [3.63, 3.8) is 0 Å². The fourth-order valence-corrected chi connectivity index (χ4v) is 2.54. The van der Waals surface area contributed by atoms with Crippen LogP contribution >= 0.6 is 0 Å². The Kier molecular flexibility index (Phi) is 5.01. The molecule has 0 N–H and O–H groups in total. The van der Waals surface area contributed by atoms with E-state index in [2.05, 4.69) is 72.1 Å². The van der Waals surface area contributed by atoms with Crippen molar-refractivity contribution in [2.75, 3.05) is 33.7 Å². The van der Waals surface area contributed by atoms with E-state index in [-0.39, 0.29) is 0 Å². The molecule has 0 spiro atoms. The zero-order valence-electron chi connectivity index (χ0n) is 13.1. The molecule has 0 radical (unpaired) electrons. The molecule has 4 heteroatoms. The van der Waals surface area contributed by atoms with Crippen LogP contribution in [-0.2, 0) is 6.54 Å². The second-order valence-corrected chi connectivity index (χ2v) is 5.70. The Morgan fingerprint density at radius 2 is 2.25 bits per heavy atom. The lowest BCUT2D eigenvalue weighted by molar-refractivity contribution is 0.116. The van der Waals surface area contributed by atoms with Crippen molar-refractivity contribution >= 4 is 5.57 Å². The monoisotopic (exact) mass is 274 g/mol. The summed E-state index contributed by atoms with van der Waals surface area (Å²) in [5.74, 6) is 0.750. The van der Waals surface area contributed by atoms with E-state index in [9.17, 15) is 0 Å². The predicted octanol–water partition coefficient (Wildman–Crippen LogP) is 2.31. The quantitative estimate of drug-likeness (QED) is 0.744. The van der Waals surface area contributed by atoms with E-state index >= 15 is 0 Å². The number of allylic oxidation sites excluding steroid dienone is 3. The SMILES string of the molecule is C/C=C\C(=C/N(C)CC)c1cnn(CC2CN(C)C2)c1. The topological polar surface area (TPSA) is 24.3 Å². The van der Waals surface area contributed by atoms with Crippen molar-refractivity contribution in [3.05, 3.63) is 36.3 Å². The number of hydrogen-bond acceptors (Lipinski definition) is 3. The summed E-state index contributed by atoms with van der Waals surface area (Å²) in [6.07, 6.45) is 10.5. The smallest absolute Gasteiger partial charge is 0.0568 e. The van der Waals surface area contributed by atoms with Gasteiger partial charge >= 0.3 is 0 Å². The number of nitrogens with zero attached hydrogens (tertiary/aromatic N) is 4. The van der Waals surface area contributed by atoms with Crippen molar-refractivity contribution < 1.29 is 0 Å². The third kappa shape index (κ3) is 3.73.